The number of benzene rings is 1. The van der Waals surface area contributed by atoms with Crippen LogP contribution in [-0.2, 0) is 4.79 Å². The molecule has 0 saturated heterocycles. The summed E-state index contributed by atoms with van der Waals surface area (Å²) in [7, 11) is 0. The maximum atomic E-state index is 12.1. The first-order valence-corrected chi connectivity index (χ1v) is 6.83. The molecule has 0 radical (unpaired) electrons. The number of carbonyl (C=O) groups excluding carboxylic acids is 1. The topological polar surface area (TPSA) is 49.3 Å². The second-order valence-electron chi connectivity index (χ2n) is 5.14. The molecule has 19 heavy (non-hydrogen) atoms. The summed E-state index contributed by atoms with van der Waals surface area (Å²) < 4.78 is 0. The molecule has 0 bridgehead atoms. The molecule has 2 atom stereocenters. The number of allylic oxidation sites excluding steroid dienone is 2. The zero-order valence-electron chi connectivity index (χ0n) is 11.3. The van der Waals surface area contributed by atoms with Crippen LogP contribution in [0.25, 0.3) is 0 Å². The lowest BCUT2D eigenvalue weighted by Crippen LogP contribution is -2.43. The van der Waals surface area contributed by atoms with E-state index in [0.29, 0.717) is 0 Å². The highest BCUT2D eigenvalue weighted by Crippen LogP contribution is 2.21. The van der Waals surface area contributed by atoms with Crippen molar-refractivity contribution in [3.63, 3.8) is 0 Å². The van der Waals surface area contributed by atoms with E-state index in [4.69, 9.17) is 0 Å². The van der Waals surface area contributed by atoms with Crippen LogP contribution in [0.15, 0.2) is 42.5 Å². The van der Waals surface area contributed by atoms with E-state index >= 15 is 0 Å². The molecule has 2 rings (SSSR count). The Balaban J connectivity index is 1.97. The number of hydrogen-bond donors (Lipinski definition) is 2. The lowest BCUT2D eigenvalue weighted by Gasteiger charge is -2.25. The number of aliphatic hydroxyl groups excluding tert-OH is 1. The fourth-order valence-corrected chi connectivity index (χ4v) is 2.45. The van der Waals surface area contributed by atoms with Gasteiger partial charge in [0, 0.05) is 11.8 Å². The van der Waals surface area contributed by atoms with Gasteiger partial charge in [-0.3, -0.25) is 4.79 Å². The van der Waals surface area contributed by atoms with Gasteiger partial charge in [0.1, 0.15) is 0 Å². The summed E-state index contributed by atoms with van der Waals surface area (Å²) in [4.78, 5) is 12.1. The molecule has 3 nitrogen and oxygen atoms in total. The Hall–Kier alpha value is -1.61. The smallest absolute Gasteiger partial charge is 0.224 e. The first-order chi connectivity index (χ1) is 9.22. The summed E-state index contributed by atoms with van der Waals surface area (Å²) in [6, 6.07) is 9.74. The van der Waals surface area contributed by atoms with Crippen molar-refractivity contribution in [1.29, 1.82) is 0 Å². The molecule has 0 saturated carbocycles. The van der Waals surface area contributed by atoms with Gasteiger partial charge in [0.05, 0.1) is 12.6 Å². The van der Waals surface area contributed by atoms with E-state index in [1.807, 2.05) is 49.4 Å². The summed E-state index contributed by atoms with van der Waals surface area (Å²) in [5.41, 5.74) is 1.13. The van der Waals surface area contributed by atoms with E-state index in [1.54, 1.807) is 0 Å². The molecule has 0 aliphatic heterocycles. The first-order valence-electron chi connectivity index (χ1n) is 6.83. The van der Waals surface area contributed by atoms with Crippen LogP contribution in [0.2, 0.25) is 0 Å². The standard InChI is InChI=1S/C16H21NO2/c1-12(13-7-3-2-4-8-13)15(11-18)17-16(19)14-9-5-6-10-14/h2-8,12,14-15,18H,9-11H2,1H3,(H,17,19)/t12-,15-/m0/s1. The Labute approximate surface area is 114 Å². The van der Waals surface area contributed by atoms with Crippen molar-refractivity contribution in [3.05, 3.63) is 48.0 Å². The zero-order chi connectivity index (χ0) is 13.7. The van der Waals surface area contributed by atoms with Crippen molar-refractivity contribution < 1.29 is 9.90 Å². The molecule has 0 aromatic heterocycles. The van der Waals surface area contributed by atoms with Crippen LogP contribution in [0.1, 0.15) is 31.2 Å². The average Bonchev–Trinajstić information content (AvgIpc) is 2.99. The maximum Gasteiger partial charge on any atom is 0.224 e. The number of amides is 1. The van der Waals surface area contributed by atoms with Crippen molar-refractivity contribution in [2.24, 2.45) is 5.92 Å². The van der Waals surface area contributed by atoms with Crippen molar-refractivity contribution in [3.8, 4) is 0 Å². The Morgan fingerprint density at radius 1 is 1.32 bits per heavy atom. The van der Waals surface area contributed by atoms with Crippen LogP contribution in [-0.4, -0.2) is 23.7 Å². The summed E-state index contributed by atoms with van der Waals surface area (Å²) >= 11 is 0. The SMILES string of the molecule is C[C@@H](c1ccccc1)[C@H](CO)NC(=O)C1CC=CC1. The predicted molar refractivity (Wildman–Crippen MR) is 75.7 cm³/mol. The molecule has 3 heteroatoms. The Kier molecular flexibility index (Phi) is 4.74. The molecule has 0 spiro atoms. The van der Waals surface area contributed by atoms with Crippen molar-refractivity contribution in [2.75, 3.05) is 6.61 Å². The minimum absolute atomic E-state index is 0.0389. The largest absolute Gasteiger partial charge is 0.394 e. The Morgan fingerprint density at radius 3 is 2.53 bits per heavy atom. The molecular formula is C16H21NO2. The van der Waals surface area contributed by atoms with Gasteiger partial charge in [0.25, 0.3) is 0 Å². The molecule has 1 aliphatic rings. The summed E-state index contributed by atoms with van der Waals surface area (Å²) in [5, 5.41) is 12.5. The van der Waals surface area contributed by atoms with E-state index in [0.717, 1.165) is 18.4 Å². The zero-order valence-corrected chi connectivity index (χ0v) is 11.3. The normalized spacial score (nSPS) is 18.2. The molecule has 102 valence electrons. The molecule has 2 N–H and O–H groups in total. The monoisotopic (exact) mass is 259 g/mol. The third-order valence-electron chi connectivity index (χ3n) is 3.83. The van der Waals surface area contributed by atoms with E-state index < -0.39 is 0 Å². The fourth-order valence-electron chi connectivity index (χ4n) is 2.45. The highest BCUT2D eigenvalue weighted by atomic mass is 16.3. The number of carbonyl (C=O) groups is 1. The summed E-state index contributed by atoms with van der Waals surface area (Å²) in [5.74, 6) is 0.188. The summed E-state index contributed by atoms with van der Waals surface area (Å²) in [6.45, 7) is 1.99. The molecule has 1 aliphatic carbocycles. The van der Waals surface area contributed by atoms with E-state index in [2.05, 4.69) is 5.32 Å². The van der Waals surface area contributed by atoms with E-state index in [1.165, 1.54) is 0 Å². The average molecular weight is 259 g/mol. The number of rotatable bonds is 5. The quantitative estimate of drug-likeness (QED) is 0.797. The molecule has 1 amide bonds. The second-order valence-corrected chi connectivity index (χ2v) is 5.14. The lowest BCUT2D eigenvalue weighted by molar-refractivity contribution is -0.125. The van der Waals surface area contributed by atoms with E-state index in [-0.39, 0.29) is 30.4 Å². The first kappa shape index (κ1) is 13.8. The van der Waals surface area contributed by atoms with Gasteiger partial charge in [-0.2, -0.15) is 0 Å². The van der Waals surface area contributed by atoms with Crippen LogP contribution in [0.5, 0.6) is 0 Å². The van der Waals surface area contributed by atoms with Crippen molar-refractivity contribution >= 4 is 5.91 Å². The highest BCUT2D eigenvalue weighted by molar-refractivity contribution is 5.79. The highest BCUT2D eigenvalue weighted by Gasteiger charge is 2.25. The van der Waals surface area contributed by atoms with Crippen LogP contribution < -0.4 is 5.32 Å². The van der Waals surface area contributed by atoms with Crippen molar-refractivity contribution in [2.45, 2.75) is 31.7 Å². The third-order valence-corrected chi connectivity index (χ3v) is 3.83. The fraction of sp³-hybridized carbons (Fsp3) is 0.438. The number of hydrogen-bond acceptors (Lipinski definition) is 2. The van der Waals surface area contributed by atoms with Gasteiger partial charge >= 0.3 is 0 Å². The molecule has 0 fully saturated rings. The second kappa shape index (κ2) is 6.53. The lowest BCUT2D eigenvalue weighted by atomic mass is 9.93. The van der Waals surface area contributed by atoms with Crippen LogP contribution >= 0.6 is 0 Å². The molecule has 1 aromatic rings. The van der Waals surface area contributed by atoms with Gasteiger partial charge in [-0.15, -0.1) is 0 Å². The van der Waals surface area contributed by atoms with Gasteiger partial charge in [0.2, 0.25) is 5.91 Å². The van der Waals surface area contributed by atoms with Gasteiger partial charge in [-0.25, -0.2) is 0 Å². The number of aliphatic hydroxyl groups is 1. The minimum atomic E-state index is -0.226. The Morgan fingerprint density at radius 2 is 1.95 bits per heavy atom. The van der Waals surface area contributed by atoms with Crippen LogP contribution in [0, 0.1) is 5.92 Å². The van der Waals surface area contributed by atoms with E-state index in [9.17, 15) is 9.90 Å². The molecule has 0 unspecified atom stereocenters. The number of nitrogens with one attached hydrogen (secondary N) is 1. The predicted octanol–water partition coefficient (Wildman–Crippen LogP) is 2.23. The minimum Gasteiger partial charge on any atom is -0.394 e. The van der Waals surface area contributed by atoms with Gasteiger partial charge in [-0.1, -0.05) is 49.4 Å². The van der Waals surface area contributed by atoms with Gasteiger partial charge < -0.3 is 10.4 Å². The van der Waals surface area contributed by atoms with Gasteiger partial charge in [-0.05, 0) is 18.4 Å². The summed E-state index contributed by atoms with van der Waals surface area (Å²) in [6.07, 6.45) is 5.70. The molecule has 0 heterocycles. The molecule has 1 aromatic carbocycles. The van der Waals surface area contributed by atoms with Crippen LogP contribution in [0.4, 0.5) is 0 Å². The van der Waals surface area contributed by atoms with Crippen molar-refractivity contribution in [1.82, 2.24) is 5.32 Å². The molecular weight excluding hydrogens is 238 g/mol. The van der Waals surface area contributed by atoms with Gasteiger partial charge in [0.15, 0.2) is 0 Å². The maximum absolute atomic E-state index is 12.1. The van der Waals surface area contributed by atoms with Crippen LogP contribution in [0.3, 0.4) is 0 Å². The third kappa shape index (κ3) is 3.44. The Bertz CT molecular complexity index is 433.